The Morgan fingerprint density at radius 3 is 2.35 bits per heavy atom. The van der Waals surface area contributed by atoms with Crippen LogP contribution in [0.2, 0.25) is 0 Å². The van der Waals surface area contributed by atoms with Crippen molar-refractivity contribution in [3.63, 3.8) is 0 Å². The summed E-state index contributed by atoms with van der Waals surface area (Å²) in [6, 6.07) is 16.0. The largest absolute Gasteiger partial charge is 0.386 e. The lowest BCUT2D eigenvalue weighted by atomic mass is 9.96. The molecule has 0 spiro atoms. The second-order valence-electron chi connectivity index (χ2n) is 8.82. The van der Waals surface area contributed by atoms with Gasteiger partial charge < -0.3 is 5.32 Å². The number of rotatable bonds is 14. The molecule has 0 radical (unpaired) electrons. The lowest BCUT2D eigenvalue weighted by molar-refractivity contribution is 0.528. The van der Waals surface area contributed by atoms with E-state index in [2.05, 4.69) is 88.3 Å². The monoisotopic (exact) mass is 415 g/mol. The molecule has 0 bridgehead atoms. The highest BCUT2D eigenvalue weighted by Crippen LogP contribution is 2.21. The number of nitrogens with one attached hydrogen (secondary N) is 1. The summed E-state index contributed by atoms with van der Waals surface area (Å²) in [4.78, 5) is 0. The molecule has 0 saturated heterocycles. The Morgan fingerprint density at radius 1 is 1.00 bits per heavy atom. The summed E-state index contributed by atoms with van der Waals surface area (Å²) in [6.07, 6.45) is 10.6. The van der Waals surface area contributed by atoms with Crippen molar-refractivity contribution in [3.8, 4) is 0 Å². The van der Waals surface area contributed by atoms with Gasteiger partial charge in [0.25, 0.3) is 0 Å². The highest BCUT2D eigenvalue weighted by Gasteiger charge is 2.10. The molecule has 1 heteroatoms. The van der Waals surface area contributed by atoms with Gasteiger partial charge in [-0.3, -0.25) is 0 Å². The molecule has 2 aromatic rings. The minimum atomic E-state index is 0.438. The molecule has 0 unspecified atom stereocenters. The van der Waals surface area contributed by atoms with E-state index in [0.717, 1.165) is 57.1 Å². The molecule has 0 fully saturated rings. The van der Waals surface area contributed by atoms with Gasteiger partial charge >= 0.3 is 0 Å². The Bertz CT molecular complexity index is 856. The normalized spacial score (nSPS) is 11.7. The summed E-state index contributed by atoms with van der Waals surface area (Å²) in [5.41, 5.74) is 9.18. The van der Waals surface area contributed by atoms with Crippen LogP contribution in [0.3, 0.4) is 0 Å². The first-order valence-electron chi connectivity index (χ1n) is 11.8. The van der Waals surface area contributed by atoms with Crippen LogP contribution in [-0.2, 0) is 12.8 Å². The van der Waals surface area contributed by atoms with Crippen molar-refractivity contribution in [2.75, 3.05) is 0 Å². The van der Waals surface area contributed by atoms with E-state index in [0.29, 0.717) is 6.04 Å². The Kier molecular flexibility index (Phi) is 10.4. The van der Waals surface area contributed by atoms with Crippen molar-refractivity contribution in [3.05, 3.63) is 102 Å². The summed E-state index contributed by atoms with van der Waals surface area (Å²) in [7, 11) is 0. The van der Waals surface area contributed by atoms with Crippen LogP contribution < -0.4 is 5.32 Å². The van der Waals surface area contributed by atoms with E-state index in [1.54, 1.807) is 0 Å². The lowest BCUT2D eigenvalue weighted by Crippen LogP contribution is -2.29. The third-order valence-electron chi connectivity index (χ3n) is 6.07. The van der Waals surface area contributed by atoms with Gasteiger partial charge in [-0.05, 0) is 93.0 Å². The zero-order chi connectivity index (χ0) is 22.6. The zero-order valence-electron chi connectivity index (χ0n) is 20.0. The minimum absolute atomic E-state index is 0.438. The van der Waals surface area contributed by atoms with Gasteiger partial charge in [-0.1, -0.05) is 74.2 Å². The molecular weight excluding hydrogens is 374 g/mol. The van der Waals surface area contributed by atoms with E-state index in [1.807, 2.05) is 6.08 Å². The van der Waals surface area contributed by atoms with Crippen LogP contribution in [0.15, 0.2) is 74.0 Å². The second kappa shape index (κ2) is 13.0. The molecule has 166 valence electrons. The molecule has 0 amide bonds. The van der Waals surface area contributed by atoms with Crippen LogP contribution >= 0.6 is 0 Å². The first-order chi connectivity index (χ1) is 14.9. The van der Waals surface area contributed by atoms with E-state index in [-0.39, 0.29) is 0 Å². The minimum Gasteiger partial charge on any atom is -0.386 e. The third-order valence-corrected chi connectivity index (χ3v) is 6.07. The second-order valence-corrected chi connectivity index (χ2v) is 8.82. The van der Waals surface area contributed by atoms with Crippen molar-refractivity contribution in [2.45, 2.75) is 78.2 Å². The Morgan fingerprint density at radius 2 is 1.71 bits per heavy atom. The summed E-state index contributed by atoms with van der Waals surface area (Å²) < 4.78 is 0. The molecule has 0 aliphatic carbocycles. The molecule has 0 heterocycles. The standard InChI is InChI=1S/C30H41N/c1-7-9-14-28-20-17-27(21-25(28)5)22-30(8-2)31-26(6)13-11-10-12-24(4)29-18-15-23(3)16-19-29/h7,15-21,30-31H,1,4,6,8-14,22H2,2-3,5H3/t30-/m1/s1. The van der Waals surface area contributed by atoms with Gasteiger partial charge in [0.05, 0.1) is 0 Å². The van der Waals surface area contributed by atoms with E-state index in [1.165, 1.54) is 33.4 Å². The number of hydrogen-bond acceptors (Lipinski definition) is 1. The summed E-state index contributed by atoms with van der Waals surface area (Å²) in [5, 5.41) is 3.68. The Balaban J connectivity index is 1.74. The number of aryl methyl sites for hydroxylation is 3. The van der Waals surface area contributed by atoms with Gasteiger partial charge in [0.15, 0.2) is 0 Å². The maximum atomic E-state index is 4.29. The van der Waals surface area contributed by atoms with Crippen LogP contribution in [0, 0.1) is 13.8 Å². The highest BCUT2D eigenvalue weighted by molar-refractivity contribution is 5.63. The van der Waals surface area contributed by atoms with E-state index >= 15 is 0 Å². The molecule has 2 aromatic carbocycles. The van der Waals surface area contributed by atoms with Gasteiger partial charge in [-0.2, -0.15) is 0 Å². The van der Waals surface area contributed by atoms with Crippen molar-refractivity contribution in [1.82, 2.24) is 5.32 Å². The van der Waals surface area contributed by atoms with Gasteiger partial charge in [0, 0.05) is 11.7 Å². The molecule has 0 aliphatic rings. The first kappa shape index (κ1) is 24.7. The molecule has 0 aromatic heterocycles. The average Bonchev–Trinajstić information content (AvgIpc) is 2.76. The summed E-state index contributed by atoms with van der Waals surface area (Å²) >= 11 is 0. The van der Waals surface area contributed by atoms with Crippen LogP contribution in [0.1, 0.15) is 73.3 Å². The molecular formula is C30H41N. The van der Waals surface area contributed by atoms with Gasteiger partial charge in [-0.25, -0.2) is 0 Å². The van der Waals surface area contributed by atoms with Crippen LogP contribution in [-0.4, -0.2) is 6.04 Å². The third kappa shape index (κ3) is 8.61. The van der Waals surface area contributed by atoms with Crippen LogP contribution in [0.4, 0.5) is 0 Å². The first-order valence-corrected chi connectivity index (χ1v) is 11.8. The Labute approximate surface area is 191 Å². The molecule has 2 rings (SSSR count). The van der Waals surface area contributed by atoms with E-state index in [4.69, 9.17) is 0 Å². The molecule has 0 aliphatic heterocycles. The molecule has 1 nitrogen and oxygen atoms in total. The smallest absolute Gasteiger partial charge is 0.0295 e. The zero-order valence-corrected chi connectivity index (χ0v) is 20.0. The van der Waals surface area contributed by atoms with E-state index < -0.39 is 0 Å². The van der Waals surface area contributed by atoms with E-state index in [9.17, 15) is 0 Å². The van der Waals surface area contributed by atoms with Crippen LogP contribution in [0.25, 0.3) is 5.57 Å². The topological polar surface area (TPSA) is 12.0 Å². The Hall–Kier alpha value is -2.54. The fourth-order valence-electron chi connectivity index (χ4n) is 3.98. The molecule has 0 saturated carbocycles. The van der Waals surface area contributed by atoms with Gasteiger partial charge in [0.2, 0.25) is 0 Å². The van der Waals surface area contributed by atoms with Gasteiger partial charge in [0.1, 0.15) is 0 Å². The number of hydrogen-bond donors (Lipinski definition) is 1. The molecule has 1 atom stereocenters. The van der Waals surface area contributed by atoms with Crippen molar-refractivity contribution < 1.29 is 0 Å². The van der Waals surface area contributed by atoms with Gasteiger partial charge in [-0.15, -0.1) is 6.58 Å². The lowest BCUT2D eigenvalue weighted by Gasteiger charge is -2.21. The number of unbranched alkanes of at least 4 members (excludes halogenated alkanes) is 1. The van der Waals surface area contributed by atoms with Crippen molar-refractivity contribution in [1.29, 1.82) is 0 Å². The average molecular weight is 416 g/mol. The highest BCUT2D eigenvalue weighted by atomic mass is 14.9. The molecule has 1 N–H and O–H groups in total. The quantitative estimate of drug-likeness (QED) is 0.243. The molecule has 31 heavy (non-hydrogen) atoms. The predicted molar refractivity (Wildman–Crippen MR) is 138 cm³/mol. The fraction of sp³-hybridized carbons (Fsp3) is 0.400. The summed E-state index contributed by atoms with van der Waals surface area (Å²) in [6.45, 7) is 19.0. The van der Waals surface area contributed by atoms with Crippen LogP contribution in [0.5, 0.6) is 0 Å². The van der Waals surface area contributed by atoms with Crippen molar-refractivity contribution >= 4 is 5.57 Å². The SMILES string of the molecule is C=CCCc1ccc(C[C@@H](CC)NC(=C)CCCCC(=C)c2ccc(C)cc2)cc1C. The van der Waals surface area contributed by atoms with Crippen molar-refractivity contribution in [2.24, 2.45) is 0 Å². The maximum Gasteiger partial charge on any atom is 0.0295 e. The fourth-order valence-corrected chi connectivity index (χ4v) is 3.98. The number of allylic oxidation sites excluding steroid dienone is 3. The predicted octanol–water partition coefficient (Wildman–Crippen LogP) is 8.12. The number of benzene rings is 2. The maximum absolute atomic E-state index is 4.29. The summed E-state index contributed by atoms with van der Waals surface area (Å²) in [5.74, 6) is 0.